The number of para-hydroxylation sites is 2. The lowest BCUT2D eigenvalue weighted by molar-refractivity contribution is 0.0600. The molecule has 0 aliphatic heterocycles. The first-order chi connectivity index (χ1) is 15.7. The number of methoxy groups -OCH3 is 2. The van der Waals surface area contributed by atoms with Crippen LogP contribution in [0, 0.1) is 0 Å². The number of rotatable bonds is 8. The van der Waals surface area contributed by atoms with Gasteiger partial charge in [-0.05, 0) is 29.3 Å². The third-order valence-corrected chi connectivity index (χ3v) is 5.99. The molecule has 0 saturated heterocycles. The first-order valence-electron chi connectivity index (χ1n) is 10.1. The molecule has 0 saturated carbocycles. The maximum atomic E-state index is 12.1. The number of nitrogens with zero attached hydrogens (tertiary/aromatic N) is 3. The molecule has 0 fully saturated rings. The summed E-state index contributed by atoms with van der Waals surface area (Å²) >= 11 is 1.51. The van der Waals surface area contributed by atoms with E-state index in [1.54, 1.807) is 13.2 Å². The molecule has 0 aliphatic rings. The molecule has 4 rings (SSSR count). The summed E-state index contributed by atoms with van der Waals surface area (Å²) in [5.74, 6) is 1.74. The number of carbonyl (C=O) groups is 1. The number of aromatic nitrogens is 3. The standard InChI is InChI=1S/C25H23N3O3S/c1-30-22-15-9-8-14-21(22)28-23(16-18-10-4-3-5-11-18)26-27-25(28)32-17-19-12-6-7-13-20(19)24(29)31-2/h3-15H,16-17H2,1-2H3. The van der Waals surface area contributed by atoms with Gasteiger partial charge in [0.15, 0.2) is 5.16 Å². The number of carbonyl (C=O) groups excluding carboxylic acids is 1. The molecule has 162 valence electrons. The fourth-order valence-corrected chi connectivity index (χ4v) is 4.41. The van der Waals surface area contributed by atoms with Crippen LogP contribution in [0.5, 0.6) is 5.75 Å². The SMILES string of the molecule is COC(=O)c1ccccc1CSc1nnc(Cc2ccccc2)n1-c1ccccc1OC. The van der Waals surface area contributed by atoms with Gasteiger partial charge in [-0.1, -0.05) is 72.4 Å². The minimum absolute atomic E-state index is 0.350. The van der Waals surface area contributed by atoms with Gasteiger partial charge in [-0.15, -0.1) is 10.2 Å². The number of thioether (sulfide) groups is 1. The summed E-state index contributed by atoms with van der Waals surface area (Å²) in [5, 5.41) is 9.69. The van der Waals surface area contributed by atoms with E-state index >= 15 is 0 Å². The van der Waals surface area contributed by atoms with Crippen LogP contribution in [0.3, 0.4) is 0 Å². The van der Waals surface area contributed by atoms with Gasteiger partial charge in [0.05, 0.1) is 25.5 Å². The van der Waals surface area contributed by atoms with Crippen molar-refractivity contribution >= 4 is 17.7 Å². The van der Waals surface area contributed by atoms with Crippen LogP contribution >= 0.6 is 11.8 Å². The molecule has 3 aromatic carbocycles. The maximum absolute atomic E-state index is 12.1. The normalized spacial score (nSPS) is 10.7. The highest BCUT2D eigenvalue weighted by atomic mass is 32.2. The number of hydrogen-bond acceptors (Lipinski definition) is 6. The van der Waals surface area contributed by atoms with E-state index in [1.807, 2.05) is 65.2 Å². The molecule has 0 atom stereocenters. The van der Waals surface area contributed by atoms with Gasteiger partial charge in [0.2, 0.25) is 0 Å². The third-order valence-electron chi connectivity index (χ3n) is 5.01. The van der Waals surface area contributed by atoms with Crippen LogP contribution < -0.4 is 4.74 Å². The van der Waals surface area contributed by atoms with Gasteiger partial charge >= 0.3 is 5.97 Å². The number of esters is 1. The molecule has 32 heavy (non-hydrogen) atoms. The van der Waals surface area contributed by atoms with Crippen LogP contribution in [0.25, 0.3) is 5.69 Å². The number of ether oxygens (including phenoxy) is 2. The number of benzene rings is 3. The molecule has 7 heteroatoms. The Balaban J connectivity index is 1.71. The average Bonchev–Trinajstić information content (AvgIpc) is 3.25. The highest BCUT2D eigenvalue weighted by molar-refractivity contribution is 7.98. The van der Waals surface area contributed by atoms with E-state index in [4.69, 9.17) is 9.47 Å². The minimum atomic E-state index is -0.350. The molecule has 0 unspecified atom stereocenters. The summed E-state index contributed by atoms with van der Waals surface area (Å²) in [7, 11) is 3.04. The van der Waals surface area contributed by atoms with E-state index < -0.39 is 0 Å². The van der Waals surface area contributed by atoms with Crippen molar-refractivity contribution in [3.05, 3.63) is 101 Å². The summed E-state index contributed by atoms with van der Waals surface area (Å²) in [6.45, 7) is 0. The highest BCUT2D eigenvalue weighted by Crippen LogP contribution is 2.31. The predicted molar refractivity (Wildman–Crippen MR) is 125 cm³/mol. The minimum Gasteiger partial charge on any atom is -0.495 e. The predicted octanol–water partition coefficient (Wildman–Crippen LogP) is 4.95. The molecular weight excluding hydrogens is 422 g/mol. The van der Waals surface area contributed by atoms with Crippen LogP contribution in [0.1, 0.15) is 27.3 Å². The summed E-state index contributed by atoms with van der Waals surface area (Å²) < 4.78 is 12.6. The van der Waals surface area contributed by atoms with Gasteiger partial charge in [0.1, 0.15) is 11.6 Å². The molecule has 0 aliphatic carbocycles. The Morgan fingerprint density at radius 2 is 1.62 bits per heavy atom. The fourth-order valence-electron chi connectivity index (χ4n) is 3.44. The average molecular weight is 446 g/mol. The Hall–Kier alpha value is -3.58. The van der Waals surface area contributed by atoms with Crippen molar-refractivity contribution in [1.82, 2.24) is 14.8 Å². The smallest absolute Gasteiger partial charge is 0.338 e. The topological polar surface area (TPSA) is 66.2 Å². The number of hydrogen-bond donors (Lipinski definition) is 0. The fraction of sp³-hybridized carbons (Fsp3) is 0.160. The van der Waals surface area contributed by atoms with E-state index in [2.05, 4.69) is 22.3 Å². The molecule has 0 N–H and O–H groups in total. The van der Waals surface area contributed by atoms with Crippen LogP contribution in [0.2, 0.25) is 0 Å². The van der Waals surface area contributed by atoms with Gasteiger partial charge in [0, 0.05) is 12.2 Å². The third kappa shape index (κ3) is 4.68. The Kier molecular flexibility index (Phi) is 6.87. The van der Waals surface area contributed by atoms with Gasteiger partial charge in [-0.3, -0.25) is 4.57 Å². The Bertz CT molecular complexity index is 1210. The van der Waals surface area contributed by atoms with Crippen molar-refractivity contribution in [2.75, 3.05) is 14.2 Å². The molecule has 1 aromatic heterocycles. The van der Waals surface area contributed by atoms with Crippen molar-refractivity contribution in [3.63, 3.8) is 0 Å². The lowest BCUT2D eigenvalue weighted by Gasteiger charge is -2.14. The zero-order valence-electron chi connectivity index (χ0n) is 17.9. The lowest BCUT2D eigenvalue weighted by atomic mass is 10.1. The van der Waals surface area contributed by atoms with Crippen LogP contribution in [-0.2, 0) is 16.9 Å². The van der Waals surface area contributed by atoms with Crippen LogP contribution in [-0.4, -0.2) is 35.0 Å². The second-order valence-corrected chi connectivity index (χ2v) is 7.95. The van der Waals surface area contributed by atoms with Crippen molar-refractivity contribution < 1.29 is 14.3 Å². The van der Waals surface area contributed by atoms with E-state index in [-0.39, 0.29) is 5.97 Å². The van der Waals surface area contributed by atoms with Crippen molar-refractivity contribution in [1.29, 1.82) is 0 Å². The first-order valence-corrected chi connectivity index (χ1v) is 11.1. The molecule has 1 heterocycles. The van der Waals surface area contributed by atoms with Crippen molar-refractivity contribution in [3.8, 4) is 11.4 Å². The van der Waals surface area contributed by atoms with E-state index in [0.717, 1.165) is 33.5 Å². The second kappa shape index (κ2) is 10.2. The quantitative estimate of drug-likeness (QED) is 0.283. The molecule has 0 bridgehead atoms. The summed E-state index contributed by atoms with van der Waals surface area (Å²) in [6, 6.07) is 25.4. The summed E-state index contributed by atoms with van der Waals surface area (Å²) in [4.78, 5) is 12.1. The molecular formula is C25H23N3O3S. The largest absolute Gasteiger partial charge is 0.495 e. The van der Waals surface area contributed by atoms with E-state index in [9.17, 15) is 4.79 Å². The molecule has 4 aromatic rings. The Labute approximate surface area is 191 Å². The zero-order chi connectivity index (χ0) is 22.3. The monoisotopic (exact) mass is 445 g/mol. The Morgan fingerprint density at radius 1 is 0.906 bits per heavy atom. The van der Waals surface area contributed by atoms with E-state index in [1.165, 1.54) is 18.9 Å². The summed E-state index contributed by atoms with van der Waals surface area (Å²) in [6.07, 6.45) is 0.630. The molecule has 0 spiro atoms. The van der Waals surface area contributed by atoms with E-state index in [0.29, 0.717) is 17.7 Å². The molecule has 0 amide bonds. The maximum Gasteiger partial charge on any atom is 0.338 e. The summed E-state index contributed by atoms with van der Waals surface area (Å²) in [5.41, 5.74) is 3.44. The van der Waals surface area contributed by atoms with Crippen molar-refractivity contribution in [2.45, 2.75) is 17.3 Å². The zero-order valence-corrected chi connectivity index (χ0v) is 18.7. The van der Waals surface area contributed by atoms with Crippen molar-refractivity contribution in [2.24, 2.45) is 0 Å². The van der Waals surface area contributed by atoms with Gasteiger partial charge in [-0.25, -0.2) is 4.79 Å². The highest BCUT2D eigenvalue weighted by Gasteiger charge is 2.19. The lowest BCUT2D eigenvalue weighted by Crippen LogP contribution is -2.07. The molecule has 0 radical (unpaired) electrons. The Morgan fingerprint density at radius 3 is 2.41 bits per heavy atom. The van der Waals surface area contributed by atoms with Gasteiger partial charge < -0.3 is 9.47 Å². The second-order valence-electron chi connectivity index (χ2n) is 7.01. The molecule has 6 nitrogen and oxygen atoms in total. The van der Waals surface area contributed by atoms with Gasteiger partial charge in [0.25, 0.3) is 0 Å². The van der Waals surface area contributed by atoms with Crippen LogP contribution in [0.4, 0.5) is 0 Å². The first kappa shape index (κ1) is 21.6. The van der Waals surface area contributed by atoms with Crippen LogP contribution in [0.15, 0.2) is 84.0 Å². The van der Waals surface area contributed by atoms with Gasteiger partial charge in [-0.2, -0.15) is 0 Å².